The molecule has 0 saturated heterocycles. The Morgan fingerprint density at radius 3 is 2.34 bits per heavy atom. The number of carbonyl (C=O) groups is 2. The lowest BCUT2D eigenvalue weighted by Crippen LogP contribution is -2.48. The molecule has 2 amide bonds. The average Bonchev–Trinajstić information content (AvgIpc) is 2.64. The smallest absolute Gasteiger partial charge is 0.408 e. The van der Waals surface area contributed by atoms with E-state index in [1.807, 2.05) is 62.4 Å². The minimum Gasteiger partial charge on any atom is -0.444 e. The van der Waals surface area contributed by atoms with Crippen molar-refractivity contribution in [2.24, 2.45) is 0 Å². The van der Waals surface area contributed by atoms with Gasteiger partial charge < -0.3 is 20.1 Å². The molecule has 0 aliphatic rings. The molecule has 2 aromatic carbocycles. The van der Waals surface area contributed by atoms with E-state index in [2.05, 4.69) is 10.6 Å². The number of nitrogens with one attached hydrogen (secondary N) is 2. The number of ether oxygens (including phenoxy) is 2. The number of anilines is 1. The van der Waals surface area contributed by atoms with Crippen LogP contribution in [-0.2, 0) is 20.9 Å². The highest BCUT2D eigenvalue weighted by Crippen LogP contribution is 2.18. The molecule has 0 fully saturated rings. The van der Waals surface area contributed by atoms with E-state index in [0.717, 1.165) is 16.7 Å². The van der Waals surface area contributed by atoms with Crippen molar-refractivity contribution >= 4 is 17.7 Å². The van der Waals surface area contributed by atoms with Crippen LogP contribution in [0.1, 0.15) is 37.5 Å². The van der Waals surface area contributed by atoms with Gasteiger partial charge in [0.05, 0.1) is 13.2 Å². The zero-order valence-corrected chi connectivity index (χ0v) is 17.7. The van der Waals surface area contributed by atoms with Gasteiger partial charge in [-0.3, -0.25) is 4.79 Å². The molecule has 0 aliphatic heterocycles. The zero-order chi connectivity index (χ0) is 21.4. The van der Waals surface area contributed by atoms with E-state index < -0.39 is 17.7 Å². The van der Waals surface area contributed by atoms with E-state index in [0.29, 0.717) is 12.3 Å². The van der Waals surface area contributed by atoms with Gasteiger partial charge in [-0.05, 0) is 57.4 Å². The van der Waals surface area contributed by atoms with Crippen LogP contribution < -0.4 is 10.6 Å². The summed E-state index contributed by atoms with van der Waals surface area (Å²) in [6.45, 7) is 9.57. The van der Waals surface area contributed by atoms with Crippen molar-refractivity contribution in [2.75, 3.05) is 11.9 Å². The van der Waals surface area contributed by atoms with Crippen LogP contribution >= 0.6 is 0 Å². The summed E-state index contributed by atoms with van der Waals surface area (Å²) in [5.74, 6) is -0.363. The van der Waals surface area contributed by atoms with Gasteiger partial charge in [0.2, 0.25) is 5.91 Å². The second kappa shape index (κ2) is 10.1. The Labute approximate surface area is 172 Å². The number of alkyl carbamates (subject to hydrolysis) is 1. The first-order chi connectivity index (χ1) is 13.7. The molecule has 0 spiro atoms. The van der Waals surface area contributed by atoms with Gasteiger partial charge >= 0.3 is 6.09 Å². The van der Waals surface area contributed by atoms with Crippen molar-refractivity contribution in [3.05, 3.63) is 65.2 Å². The van der Waals surface area contributed by atoms with Gasteiger partial charge in [-0.1, -0.05) is 42.5 Å². The fourth-order valence-electron chi connectivity index (χ4n) is 2.61. The number of hydrogen-bond acceptors (Lipinski definition) is 4. The van der Waals surface area contributed by atoms with Crippen molar-refractivity contribution in [1.82, 2.24) is 5.32 Å². The van der Waals surface area contributed by atoms with E-state index in [1.54, 1.807) is 20.8 Å². The lowest BCUT2D eigenvalue weighted by Gasteiger charge is -2.23. The van der Waals surface area contributed by atoms with Crippen LogP contribution in [0.2, 0.25) is 0 Å². The van der Waals surface area contributed by atoms with Crippen molar-refractivity contribution in [3.8, 4) is 0 Å². The van der Waals surface area contributed by atoms with Crippen LogP contribution in [-0.4, -0.2) is 30.3 Å². The van der Waals surface area contributed by atoms with Gasteiger partial charge in [0.1, 0.15) is 11.6 Å². The molecule has 0 saturated carbocycles. The number of aryl methyl sites for hydroxylation is 1. The third kappa shape index (κ3) is 7.58. The first-order valence-corrected chi connectivity index (χ1v) is 9.64. The quantitative estimate of drug-likeness (QED) is 0.727. The lowest BCUT2D eigenvalue weighted by molar-refractivity contribution is -0.119. The molecule has 1 atom stereocenters. The van der Waals surface area contributed by atoms with Crippen molar-refractivity contribution in [3.63, 3.8) is 0 Å². The number of carbonyl (C=O) groups excluding carboxylic acids is 2. The lowest BCUT2D eigenvalue weighted by atomic mass is 10.1. The van der Waals surface area contributed by atoms with E-state index in [-0.39, 0.29) is 12.5 Å². The summed E-state index contributed by atoms with van der Waals surface area (Å²) in [7, 11) is 0. The van der Waals surface area contributed by atoms with Gasteiger partial charge in [0, 0.05) is 5.69 Å². The highest BCUT2D eigenvalue weighted by molar-refractivity contribution is 5.97. The summed E-state index contributed by atoms with van der Waals surface area (Å²) in [5, 5.41) is 5.49. The first kappa shape index (κ1) is 22.4. The van der Waals surface area contributed by atoms with Gasteiger partial charge in [-0.15, -0.1) is 0 Å². The zero-order valence-electron chi connectivity index (χ0n) is 17.7. The summed E-state index contributed by atoms with van der Waals surface area (Å²) in [6, 6.07) is 14.4. The van der Waals surface area contributed by atoms with Crippen LogP contribution in [0, 0.1) is 13.8 Å². The number of rotatable bonds is 7. The second-order valence-electron chi connectivity index (χ2n) is 7.94. The van der Waals surface area contributed by atoms with E-state index in [4.69, 9.17) is 9.47 Å². The predicted molar refractivity (Wildman–Crippen MR) is 114 cm³/mol. The summed E-state index contributed by atoms with van der Waals surface area (Å²) in [6.07, 6.45) is -0.665. The Morgan fingerprint density at radius 2 is 1.69 bits per heavy atom. The normalized spacial score (nSPS) is 12.2. The second-order valence-corrected chi connectivity index (χ2v) is 7.94. The van der Waals surface area contributed by atoms with E-state index in [1.165, 1.54) is 0 Å². The highest BCUT2D eigenvalue weighted by Gasteiger charge is 2.25. The fraction of sp³-hybridized carbons (Fsp3) is 0.391. The molecule has 29 heavy (non-hydrogen) atoms. The SMILES string of the molecule is Cc1cccc(NC(=O)[C@H](COCc2ccccc2)NC(=O)OC(C)(C)C)c1C. The van der Waals surface area contributed by atoms with E-state index in [9.17, 15) is 9.59 Å². The topological polar surface area (TPSA) is 76.7 Å². The highest BCUT2D eigenvalue weighted by atomic mass is 16.6. The molecule has 0 aromatic heterocycles. The molecular weight excluding hydrogens is 368 g/mol. The van der Waals surface area contributed by atoms with Crippen LogP contribution in [0.15, 0.2) is 48.5 Å². The van der Waals surface area contributed by atoms with Crippen LogP contribution in [0.3, 0.4) is 0 Å². The maximum Gasteiger partial charge on any atom is 0.408 e. The molecule has 0 radical (unpaired) electrons. The maximum absolute atomic E-state index is 12.9. The molecule has 0 aliphatic carbocycles. The van der Waals surface area contributed by atoms with Gasteiger partial charge in [-0.2, -0.15) is 0 Å². The van der Waals surface area contributed by atoms with E-state index >= 15 is 0 Å². The summed E-state index contributed by atoms with van der Waals surface area (Å²) >= 11 is 0. The molecule has 2 N–H and O–H groups in total. The van der Waals surface area contributed by atoms with Gasteiger partial charge in [0.25, 0.3) is 0 Å². The monoisotopic (exact) mass is 398 g/mol. The Morgan fingerprint density at radius 1 is 1.00 bits per heavy atom. The van der Waals surface area contributed by atoms with Crippen molar-refractivity contribution in [1.29, 1.82) is 0 Å². The Kier molecular flexibility index (Phi) is 7.79. The van der Waals surface area contributed by atoms with Gasteiger partial charge in [0.15, 0.2) is 0 Å². The Bertz CT molecular complexity index is 829. The third-order valence-corrected chi connectivity index (χ3v) is 4.27. The molecule has 156 valence electrons. The van der Waals surface area contributed by atoms with Crippen molar-refractivity contribution < 1.29 is 19.1 Å². The summed E-state index contributed by atoms with van der Waals surface area (Å²) in [5.41, 5.74) is 3.07. The minimum atomic E-state index is -0.895. The Hall–Kier alpha value is -2.86. The minimum absolute atomic E-state index is 0.0187. The molecule has 0 heterocycles. The average molecular weight is 399 g/mol. The standard InChI is InChI=1S/C23H30N2O4/c1-16-10-9-13-19(17(16)2)24-21(26)20(25-22(27)29-23(3,4)5)15-28-14-18-11-7-6-8-12-18/h6-13,20H,14-15H2,1-5H3,(H,24,26)(H,25,27)/t20-/m0/s1. The molecule has 2 rings (SSSR count). The summed E-state index contributed by atoms with van der Waals surface area (Å²) in [4.78, 5) is 25.1. The fourth-order valence-corrected chi connectivity index (χ4v) is 2.61. The molecule has 0 unspecified atom stereocenters. The number of benzene rings is 2. The van der Waals surface area contributed by atoms with Crippen molar-refractivity contribution in [2.45, 2.75) is 52.9 Å². The molecular formula is C23H30N2O4. The van der Waals surface area contributed by atoms with Gasteiger partial charge in [-0.25, -0.2) is 4.79 Å². The van der Waals surface area contributed by atoms with Crippen LogP contribution in [0.25, 0.3) is 0 Å². The number of hydrogen-bond donors (Lipinski definition) is 2. The van der Waals surface area contributed by atoms with Crippen LogP contribution in [0.5, 0.6) is 0 Å². The predicted octanol–water partition coefficient (Wildman–Crippen LogP) is 4.35. The Balaban J connectivity index is 2.06. The maximum atomic E-state index is 12.9. The first-order valence-electron chi connectivity index (χ1n) is 9.64. The largest absolute Gasteiger partial charge is 0.444 e. The van der Waals surface area contributed by atoms with Crippen LogP contribution in [0.4, 0.5) is 10.5 Å². The number of amides is 2. The summed E-state index contributed by atoms with van der Waals surface area (Å²) < 4.78 is 11.0. The molecule has 0 bridgehead atoms. The molecule has 6 nitrogen and oxygen atoms in total. The third-order valence-electron chi connectivity index (χ3n) is 4.27. The molecule has 2 aromatic rings. The molecule has 6 heteroatoms.